The molecule has 1 unspecified atom stereocenters. The van der Waals surface area contributed by atoms with Gasteiger partial charge in [0, 0.05) is 18.2 Å². The van der Waals surface area contributed by atoms with E-state index in [0.29, 0.717) is 29.1 Å². The minimum absolute atomic E-state index is 0.117. The molecule has 1 heterocycles. The summed E-state index contributed by atoms with van der Waals surface area (Å²) in [5.74, 6) is 0. The summed E-state index contributed by atoms with van der Waals surface area (Å²) in [4.78, 5) is 0.117. The van der Waals surface area contributed by atoms with Gasteiger partial charge in [0.2, 0.25) is 10.0 Å². The standard InChI is InChI=1S/C14H20ClNO4S/c1-10-11(9-17)7-12(15)8-14(10)21(18,19)16-5-4-13-3-2-6-20-13/h7-8,13,16-17H,2-6,9H2,1H3. The van der Waals surface area contributed by atoms with Crippen molar-refractivity contribution in [1.29, 1.82) is 0 Å². The molecule has 0 bridgehead atoms. The number of halogens is 1. The zero-order valence-electron chi connectivity index (χ0n) is 11.9. The molecule has 0 amide bonds. The molecule has 0 spiro atoms. The lowest BCUT2D eigenvalue weighted by Gasteiger charge is -2.14. The van der Waals surface area contributed by atoms with Gasteiger partial charge in [-0.05, 0) is 49.4 Å². The Morgan fingerprint density at radius 1 is 1.48 bits per heavy atom. The van der Waals surface area contributed by atoms with E-state index in [1.165, 1.54) is 6.07 Å². The third kappa shape index (κ3) is 4.17. The zero-order chi connectivity index (χ0) is 15.5. The van der Waals surface area contributed by atoms with Crippen molar-refractivity contribution in [2.45, 2.75) is 43.8 Å². The van der Waals surface area contributed by atoms with Gasteiger partial charge in [0.15, 0.2) is 0 Å². The third-order valence-electron chi connectivity index (χ3n) is 3.67. The van der Waals surface area contributed by atoms with Crippen LogP contribution in [-0.2, 0) is 21.4 Å². The Balaban J connectivity index is 2.09. The molecule has 1 fully saturated rings. The van der Waals surface area contributed by atoms with E-state index in [0.717, 1.165) is 19.4 Å². The Kier molecular flexibility index (Phi) is 5.62. The molecule has 21 heavy (non-hydrogen) atoms. The highest BCUT2D eigenvalue weighted by Gasteiger charge is 2.21. The van der Waals surface area contributed by atoms with Gasteiger partial charge in [-0.1, -0.05) is 11.6 Å². The van der Waals surface area contributed by atoms with Crippen LogP contribution in [0.3, 0.4) is 0 Å². The molecule has 0 aromatic heterocycles. The maximum Gasteiger partial charge on any atom is 0.240 e. The van der Waals surface area contributed by atoms with E-state index < -0.39 is 10.0 Å². The summed E-state index contributed by atoms with van der Waals surface area (Å²) in [5, 5.41) is 9.56. The predicted molar refractivity (Wildman–Crippen MR) is 80.9 cm³/mol. The molecule has 0 radical (unpaired) electrons. The largest absolute Gasteiger partial charge is 0.392 e. The molecule has 2 N–H and O–H groups in total. The van der Waals surface area contributed by atoms with Gasteiger partial charge in [0.25, 0.3) is 0 Å². The van der Waals surface area contributed by atoms with E-state index in [9.17, 15) is 13.5 Å². The summed E-state index contributed by atoms with van der Waals surface area (Å²) in [6.07, 6.45) is 2.81. The summed E-state index contributed by atoms with van der Waals surface area (Å²) >= 11 is 5.92. The second kappa shape index (κ2) is 7.07. The van der Waals surface area contributed by atoms with Crippen molar-refractivity contribution in [3.63, 3.8) is 0 Å². The highest BCUT2D eigenvalue weighted by molar-refractivity contribution is 7.89. The van der Waals surface area contributed by atoms with Crippen LogP contribution in [-0.4, -0.2) is 32.8 Å². The van der Waals surface area contributed by atoms with Gasteiger partial charge in [0.05, 0.1) is 17.6 Å². The van der Waals surface area contributed by atoms with Gasteiger partial charge in [-0.15, -0.1) is 0 Å². The van der Waals surface area contributed by atoms with Crippen LogP contribution in [0.5, 0.6) is 0 Å². The van der Waals surface area contributed by atoms with Crippen LogP contribution in [0.15, 0.2) is 17.0 Å². The van der Waals surface area contributed by atoms with Crippen molar-refractivity contribution >= 4 is 21.6 Å². The zero-order valence-corrected chi connectivity index (χ0v) is 13.5. The molecule has 1 aromatic carbocycles. The highest BCUT2D eigenvalue weighted by atomic mass is 35.5. The van der Waals surface area contributed by atoms with E-state index in [1.807, 2.05) is 0 Å². The smallest absolute Gasteiger partial charge is 0.240 e. The number of ether oxygens (including phenoxy) is 1. The van der Waals surface area contributed by atoms with Crippen LogP contribution < -0.4 is 4.72 Å². The minimum Gasteiger partial charge on any atom is -0.392 e. The normalized spacial score (nSPS) is 19.1. The minimum atomic E-state index is -3.64. The monoisotopic (exact) mass is 333 g/mol. The van der Waals surface area contributed by atoms with Crippen LogP contribution in [0, 0.1) is 6.92 Å². The molecule has 1 aromatic rings. The van der Waals surface area contributed by atoms with Gasteiger partial charge >= 0.3 is 0 Å². The number of hydrogen-bond donors (Lipinski definition) is 2. The van der Waals surface area contributed by atoms with Crippen LogP contribution in [0.1, 0.15) is 30.4 Å². The molecule has 7 heteroatoms. The molecule has 1 saturated heterocycles. The van der Waals surface area contributed by atoms with E-state index in [1.54, 1.807) is 13.0 Å². The summed E-state index contributed by atoms with van der Waals surface area (Å²) in [5.41, 5.74) is 1.04. The first-order valence-corrected chi connectivity index (χ1v) is 8.81. The van der Waals surface area contributed by atoms with Gasteiger partial charge < -0.3 is 9.84 Å². The maximum absolute atomic E-state index is 12.4. The summed E-state index contributed by atoms with van der Waals surface area (Å²) < 4.78 is 32.7. The fourth-order valence-corrected chi connectivity index (χ4v) is 4.12. The van der Waals surface area contributed by atoms with E-state index in [4.69, 9.17) is 16.3 Å². The van der Waals surface area contributed by atoms with Crippen molar-refractivity contribution in [3.05, 3.63) is 28.3 Å². The van der Waals surface area contributed by atoms with Gasteiger partial charge in [0.1, 0.15) is 0 Å². The molecular formula is C14H20ClNO4S. The fraction of sp³-hybridized carbons (Fsp3) is 0.571. The summed E-state index contributed by atoms with van der Waals surface area (Å²) in [6.45, 7) is 2.50. The number of hydrogen-bond acceptors (Lipinski definition) is 4. The van der Waals surface area contributed by atoms with Crippen molar-refractivity contribution in [1.82, 2.24) is 4.72 Å². The SMILES string of the molecule is Cc1c(CO)cc(Cl)cc1S(=O)(=O)NCCC1CCCO1. The summed E-state index contributed by atoms with van der Waals surface area (Å²) in [6, 6.07) is 2.98. The number of benzene rings is 1. The predicted octanol–water partition coefficient (Wildman–Crippen LogP) is 1.99. The Bertz CT molecular complexity index is 597. The van der Waals surface area contributed by atoms with E-state index in [-0.39, 0.29) is 17.6 Å². The van der Waals surface area contributed by atoms with Gasteiger partial charge in [-0.2, -0.15) is 0 Å². The first kappa shape index (κ1) is 16.7. The van der Waals surface area contributed by atoms with Gasteiger partial charge in [-0.3, -0.25) is 0 Å². The molecule has 1 aliphatic heterocycles. The average molecular weight is 334 g/mol. The molecule has 5 nitrogen and oxygen atoms in total. The third-order valence-corrected chi connectivity index (χ3v) is 5.48. The van der Waals surface area contributed by atoms with Crippen LogP contribution in [0.25, 0.3) is 0 Å². The van der Waals surface area contributed by atoms with Crippen molar-refractivity contribution in [3.8, 4) is 0 Å². The number of aliphatic hydroxyl groups is 1. The first-order chi connectivity index (χ1) is 9.94. The Hall–Kier alpha value is -0.660. The Morgan fingerprint density at radius 3 is 2.86 bits per heavy atom. The van der Waals surface area contributed by atoms with Crippen LogP contribution in [0.4, 0.5) is 0 Å². The molecule has 118 valence electrons. The van der Waals surface area contributed by atoms with Crippen molar-refractivity contribution in [2.75, 3.05) is 13.2 Å². The lowest BCUT2D eigenvalue weighted by molar-refractivity contribution is 0.105. The number of rotatable bonds is 6. The quantitative estimate of drug-likeness (QED) is 0.834. The lowest BCUT2D eigenvalue weighted by atomic mass is 10.1. The maximum atomic E-state index is 12.4. The molecular weight excluding hydrogens is 314 g/mol. The number of aliphatic hydroxyl groups excluding tert-OH is 1. The molecule has 1 aliphatic rings. The van der Waals surface area contributed by atoms with Crippen LogP contribution in [0.2, 0.25) is 5.02 Å². The lowest BCUT2D eigenvalue weighted by Crippen LogP contribution is -2.28. The second-order valence-electron chi connectivity index (χ2n) is 5.17. The van der Waals surface area contributed by atoms with E-state index >= 15 is 0 Å². The fourth-order valence-electron chi connectivity index (χ4n) is 2.46. The summed E-state index contributed by atoms with van der Waals surface area (Å²) in [7, 11) is -3.64. The highest BCUT2D eigenvalue weighted by Crippen LogP contribution is 2.24. The first-order valence-electron chi connectivity index (χ1n) is 6.95. The van der Waals surface area contributed by atoms with Gasteiger partial charge in [-0.25, -0.2) is 13.1 Å². The van der Waals surface area contributed by atoms with Crippen LogP contribution >= 0.6 is 11.6 Å². The topological polar surface area (TPSA) is 75.6 Å². The Morgan fingerprint density at radius 2 is 2.24 bits per heavy atom. The average Bonchev–Trinajstić information content (AvgIpc) is 2.93. The van der Waals surface area contributed by atoms with E-state index in [2.05, 4.69) is 4.72 Å². The number of nitrogens with one attached hydrogen (secondary N) is 1. The Labute approximate surface area is 130 Å². The molecule has 2 rings (SSSR count). The number of sulfonamides is 1. The molecule has 1 atom stereocenters. The second-order valence-corrected chi connectivity index (χ2v) is 7.34. The molecule has 0 aliphatic carbocycles. The molecule has 0 saturated carbocycles. The van der Waals surface area contributed by atoms with Crippen molar-refractivity contribution < 1.29 is 18.3 Å². The van der Waals surface area contributed by atoms with Crippen molar-refractivity contribution in [2.24, 2.45) is 0 Å².